The minimum atomic E-state index is -0.347. The number of benzene rings is 2. The van der Waals surface area contributed by atoms with Crippen molar-refractivity contribution in [1.82, 2.24) is 0 Å². The van der Waals surface area contributed by atoms with E-state index in [0.717, 1.165) is 24.0 Å². The lowest BCUT2D eigenvalue weighted by Gasteiger charge is -2.14. The lowest BCUT2D eigenvalue weighted by atomic mass is 9.87. The Bertz CT molecular complexity index is 607. The van der Waals surface area contributed by atoms with Crippen molar-refractivity contribution in [3.8, 4) is 0 Å². The van der Waals surface area contributed by atoms with Crippen LogP contribution in [0.15, 0.2) is 48.5 Å². The Kier molecular flexibility index (Phi) is 2.94. The molecule has 2 heteroatoms. The molecule has 2 radical (unpaired) electrons. The Balaban J connectivity index is 1.94. The summed E-state index contributed by atoms with van der Waals surface area (Å²) in [5.74, 6) is 0.176. The van der Waals surface area contributed by atoms with E-state index in [1.54, 1.807) is 24.3 Å². The smallest absolute Gasteiger partial charge is 0.173 e. The van der Waals surface area contributed by atoms with E-state index >= 15 is 0 Å². The van der Waals surface area contributed by atoms with Gasteiger partial charge in [0.25, 0.3) is 0 Å². The van der Waals surface area contributed by atoms with Crippen molar-refractivity contribution >= 4 is 17.4 Å². The van der Waals surface area contributed by atoms with Gasteiger partial charge in [0.15, 0.2) is 5.78 Å². The number of hydrogen-bond acceptors (Lipinski definition) is 1. The highest BCUT2D eigenvalue weighted by molar-refractivity contribution is 6.30. The number of halogens is 1. The third-order valence-corrected chi connectivity index (χ3v) is 4.01. The molecule has 1 saturated carbocycles. The van der Waals surface area contributed by atoms with Crippen LogP contribution in [0.25, 0.3) is 0 Å². The molecule has 0 unspecified atom stereocenters. The zero-order valence-corrected chi connectivity index (χ0v) is 11.2. The molecule has 2 aromatic rings. The Morgan fingerprint density at radius 1 is 1.00 bits per heavy atom. The molecule has 0 saturated heterocycles. The second-order valence-corrected chi connectivity index (χ2v) is 5.48. The molecule has 1 fully saturated rings. The maximum Gasteiger partial charge on any atom is 0.173 e. The lowest BCUT2D eigenvalue weighted by Crippen LogP contribution is -2.20. The van der Waals surface area contributed by atoms with Crippen molar-refractivity contribution in [1.29, 1.82) is 0 Å². The Morgan fingerprint density at radius 3 is 2.11 bits per heavy atom. The number of Topliss-reactive ketones (excluding diaryl/α,β-unsaturated/α-hetero) is 1. The largest absolute Gasteiger partial charge is 0.293 e. The molecule has 0 amide bonds. The van der Waals surface area contributed by atoms with Crippen molar-refractivity contribution in [2.24, 2.45) is 0 Å². The monoisotopic (exact) mass is 268 g/mol. The molecule has 0 aliphatic heterocycles. The molecule has 0 atom stereocenters. The van der Waals surface area contributed by atoms with E-state index < -0.39 is 0 Å². The third kappa shape index (κ3) is 2.19. The van der Waals surface area contributed by atoms with E-state index in [1.807, 2.05) is 24.3 Å². The van der Waals surface area contributed by atoms with Crippen LogP contribution < -0.4 is 0 Å². The zero-order valence-electron chi connectivity index (χ0n) is 10.4. The SMILES string of the molecule is [CH]c1ccc(C(=O)C2(c3ccc(Cl)cc3)CC2)cc1. The molecule has 0 bridgehead atoms. The van der Waals surface area contributed by atoms with Gasteiger partial charge in [0, 0.05) is 10.6 Å². The van der Waals surface area contributed by atoms with Gasteiger partial charge >= 0.3 is 0 Å². The second kappa shape index (κ2) is 4.50. The number of hydrogen-bond donors (Lipinski definition) is 0. The maximum atomic E-state index is 12.7. The molecular weight excluding hydrogens is 256 g/mol. The molecule has 94 valence electrons. The van der Waals surface area contributed by atoms with Crippen molar-refractivity contribution < 1.29 is 4.79 Å². The molecule has 19 heavy (non-hydrogen) atoms. The van der Waals surface area contributed by atoms with Gasteiger partial charge in [0.1, 0.15) is 0 Å². The van der Waals surface area contributed by atoms with Crippen molar-refractivity contribution in [2.75, 3.05) is 0 Å². The molecule has 1 nitrogen and oxygen atoms in total. The minimum Gasteiger partial charge on any atom is -0.293 e. The first kappa shape index (κ1) is 12.4. The summed E-state index contributed by atoms with van der Waals surface area (Å²) >= 11 is 5.90. The van der Waals surface area contributed by atoms with Crippen LogP contribution in [0.1, 0.15) is 34.3 Å². The van der Waals surface area contributed by atoms with Crippen molar-refractivity contribution in [2.45, 2.75) is 18.3 Å². The molecule has 0 N–H and O–H groups in total. The Labute approximate surface area is 118 Å². The summed E-state index contributed by atoms with van der Waals surface area (Å²) in [4.78, 5) is 12.7. The van der Waals surface area contributed by atoms with Gasteiger partial charge in [-0.25, -0.2) is 0 Å². The highest BCUT2D eigenvalue weighted by atomic mass is 35.5. The van der Waals surface area contributed by atoms with E-state index in [1.165, 1.54) is 0 Å². The standard InChI is InChI=1S/C17H13ClO/c1-12-2-4-13(5-3-12)16(19)17(10-11-17)14-6-8-15(18)9-7-14/h1-9H,10-11H2. The highest BCUT2D eigenvalue weighted by Crippen LogP contribution is 2.50. The first-order valence-corrected chi connectivity index (χ1v) is 6.66. The predicted molar refractivity (Wildman–Crippen MR) is 76.5 cm³/mol. The minimum absolute atomic E-state index is 0.176. The molecule has 3 rings (SSSR count). The summed E-state index contributed by atoms with van der Waals surface area (Å²) in [6, 6.07) is 14.7. The summed E-state index contributed by atoms with van der Waals surface area (Å²) < 4.78 is 0. The van der Waals surface area contributed by atoms with Gasteiger partial charge in [-0.05, 0) is 43.0 Å². The van der Waals surface area contributed by atoms with Gasteiger partial charge in [-0.2, -0.15) is 0 Å². The van der Waals surface area contributed by atoms with Gasteiger partial charge in [-0.1, -0.05) is 48.0 Å². The quantitative estimate of drug-likeness (QED) is 0.758. The summed E-state index contributed by atoms with van der Waals surface area (Å²) in [5, 5.41) is 0.694. The fourth-order valence-electron chi connectivity index (χ4n) is 2.45. The second-order valence-electron chi connectivity index (χ2n) is 5.04. The van der Waals surface area contributed by atoms with E-state index in [4.69, 9.17) is 18.5 Å². The molecule has 2 aromatic carbocycles. The maximum absolute atomic E-state index is 12.7. The van der Waals surface area contributed by atoms with Crippen LogP contribution in [-0.2, 0) is 5.41 Å². The first-order chi connectivity index (χ1) is 9.12. The van der Waals surface area contributed by atoms with Gasteiger partial charge in [0.05, 0.1) is 5.41 Å². The predicted octanol–water partition coefficient (Wildman–Crippen LogP) is 4.31. The van der Waals surface area contributed by atoms with Crippen LogP contribution in [0.4, 0.5) is 0 Å². The van der Waals surface area contributed by atoms with E-state index in [2.05, 4.69) is 0 Å². The summed E-state index contributed by atoms with van der Waals surface area (Å²) in [6.07, 6.45) is 1.80. The van der Waals surface area contributed by atoms with Crippen molar-refractivity contribution in [3.63, 3.8) is 0 Å². The van der Waals surface area contributed by atoms with Gasteiger partial charge in [0.2, 0.25) is 0 Å². The average molecular weight is 269 g/mol. The van der Waals surface area contributed by atoms with E-state index in [9.17, 15) is 4.79 Å². The number of carbonyl (C=O) groups excluding carboxylic acids is 1. The van der Waals surface area contributed by atoms with Crippen molar-refractivity contribution in [3.05, 3.63) is 77.2 Å². The van der Waals surface area contributed by atoms with E-state index in [0.29, 0.717) is 10.6 Å². The highest BCUT2D eigenvalue weighted by Gasteiger charge is 2.51. The lowest BCUT2D eigenvalue weighted by molar-refractivity contribution is 0.0946. The summed E-state index contributed by atoms with van der Waals surface area (Å²) in [6.45, 7) is 5.65. The Hall–Kier alpha value is -1.60. The normalized spacial score (nSPS) is 16.1. The van der Waals surface area contributed by atoms with Crippen LogP contribution in [0.3, 0.4) is 0 Å². The summed E-state index contributed by atoms with van der Waals surface area (Å²) in [5.41, 5.74) is 2.11. The topological polar surface area (TPSA) is 17.1 Å². The van der Waals surface area contributed by atoms with Crippen LogP contribution in [0.2, 0.25) is 5.02 Å². The summed E-state index contributed by atoms with van der Waals surface area (Å²) in [7, 11) is 0. The number of ketones is 1. The Morgan fingerprint density at radius 2 is 1.58 bits per heavy atom. The van der Waals surface area contributed by atoms with Crippen LogP contribution in [0, 0.1) is 6.92 Å². The average Bonchev–Trinajstić information content (AvgIpc) is 3.21. The molecular formula is C17H13ClO. The number of carbonyl (C=O) groups is 1. The first-order valence-electron chi connectivity index (χ1n) is 6.28. The molecule has 0 aromatic heterocycles. The molecule has 1 aliphatic carbocycles. The van der Waals surface area contributed by atoms with Gasteiger partial charge in [-0.3, -0.25) is 4.79 Å². The molecule has 0 spiro atoms. The fraction of sp³-hybridized carbons (Fsp3) is 0.176. The van der Waals surface area contributed by atoms with Crippen LogP contribution in [-0.4, -0.2) is 5.78 Å². The molecule has 0 heterocycles. The number of rotatable bonds is 3. The van der Waals surface area contributed by atoms with E-state index in [-0.39, 0.29) is 11.2 Å². The van der Waals surface area contributed by atoms with Gasteiger partial charge < -0.3 is 0 Å². The van der Waals surface area contributed by atoms with Crippen LogP contribution >= 0.6 is 11.6 Å². The fourth-order valence-corrected chi connectivity index (χ4v) is 2.58. The van der Waals surface area contributed by atoms with Crippen LogP contribution in [0.5, 0.6) is 0 Å². The molecule has 1 aliphatic rings. The third-order valence-electron chi connectivity index (χ3n) is 3.75. The van der Waals surface area contributed by atoms with Gasteiger partial charge in [-0.15, -0.1) is 0 Å². The zero-order chi connectivity index (χ0) is 13.5.